The average Bonchev–Trinajstić information content (AvgIpc) is 2.49. The predicted molar refractivity (Wildman–Crippen MR) is 72.0 cm³/mol. The molecule has 0 saturated heterocycles. The fraction of sp³-hybridized carbons (Fsp3) is 0.385. The van der Waals surface area contributed by atoms with Crippen LogP contribution in [0.1, 0.15) is 6.92 Å². The van der Waals surface area contributed by atoms with E-state index < -0.39 is 16.8 Å². The Bertz CT molecular complexity index is 513. The number of Topliss-reactive ketones (excluding diaryl/α,β-unsaturated/α-hetero) is 1. The number of carbonyl (C=O) groups excluding carboxylic acids is 2. The lowest BCUT2D eigenvalue weighted by atomic mass is 10.3. The Morgan fingerprint density at radius 3 is 1.95 bits per heavy atom. The average molecular weight is 313 g/mol. The van der Waals surface area contributed by atoms with Crippen LogP contribution in [0.4, 0.5) is 0 Å². The molecule has 9 nitrogen and oxygen atoms in total. The summed E-state index contributed by atoms with van der Waals surface area (Å²) in [5.74, 6) is -0.540. The van der Waals surface area contributed by atoms with Gasteiger partial charge in [0.15, 0.2) is 0 Å². The van der Waals surface area contributed by atoms with Gasteiger partial charge in [-0.05, 0) is 24.3 Å². The number of esters is 1. The minimum atomic E-state index is -0.899. The third-order valence-corrected chi connectivity index (χ3v) is 2.25. The van der Waals surface area contributed by atoms with Crippen molar-refractivity contribution in [1.29, 1.82) is 0 Å². The van der Waals surface area contributed by atoms with Crippen molar-refractivity contribution in [2.45, 2.75) is 6.92 Å². The number of carbonyl (C=O) groups is 2. The van der Waals surface area contributed by atoms with Crippen LogP contribution in [-0.4, -0.2) is 43.3 Å². The van der Waals surface area contributed by atoms with Crippen LogP contribution in [0.3, 0.4) is 0 Å². The smallest absolute Gasteiger partial charge is 0.374 e. The molecule has 0 unspecified atom stereocenters. The van der Waals surface area contributed by atoms with Gasteiger partial charge in [-0.3, -0.25) is 4.79 Å². The molecule has 0 bridgehead atoms. The van der Waals surface area contributed by atoms with Gasteiger partial charge in [0.25, 0.3) is 5.09 Å². The van der Waals surface area contributed by atoms with Crippen LogP contribution in [0.15, 0.2) is 24.3 Å². The predicted octanol–water partition coefficient (Wildman–Crippen LogP) is 0.785. The van der Waals surface area contributed by atoms with Crippen molar-refractivity contribution in [3.05, 3.63) is 34.4 Å². The fourth-order valence-corrected chi connectivity index (χ4v) is 1.30. The second kappa shape index (κ2) is 9.16. The first-order chi connectivity index (χ1) is 10.5. The molecule has 0 aliphatic rings. The zero-order valence-corrected chi connectivity index (χ0v) is 11.9. The van der Waals surface area contributed by atoms with E-state index in [0.717, 1.165) is 6.92 Å². The summed E-state index contributed by atoms with van der Waals surface area (Å²) in [4.78, 5) is 35.5. The number of ether oxygens (including phenoxy) is 3. The largest absolute Gasteiger partial charge is 0.492 e. The summed E-state index contributed by atoms with van der Waals surface area (Å²) in [5, 5.41) is 9.03. The van der Waals surface area contributed by atoms with E-state index in [9.17, 15) is 19.7 Å². The molecule has 9 heteroatoms. The van der Waals surface area contributed by atoms with Crippen molar-refractivity contribution in [3.63, 3.8) is 0 Å². The first kappa shape index (κ1) is 17.2. The Balaban J connectivity index is 2.22. The molecule has 0 aromatic heterocycles. The standard InChI is InChI=1S/C13H15NO8/c1-10(15)13(16)21-7-6-19-11-2-4-12(5-3-11)20-8-9-22-14(17)18/h2-5H,6-9H2,1H3. The maximum Gasteiger partial charge on any atom is 0.374 e. The van der Waals surface area contributed by atoms with Gasteiger partial charge < -0.3 is 19.0 Å². The minimum Gasteiger partial charge on any atom is -0.492 e. The summed E-state index contributed by atoms with van der Waals surface area (Å²) in [6, 6.07) is 6.47. The molecule has 1 rings (SSSR count). The lowest BCUT2D eigenvalue weighted by molar-refractivity contribution is -0.757. The second-order valence-corrected chi connectivity index (χ2v) is 3.92. The highest BCUT2D eigenvalue weighted by atomic mass is 17.0. The summed E-state index contributed by atoms with van der Waals surface area (Å²) in [5.41, 5.74) is 0. The van der Waals surface area contributed by atoms with Crippen molar-refractivity contribution in [2.75, 3.05) is 26.4 Å². The molecule has 0 N–H and O–H groups in total. The van der Waals surface area contributed by atoms with Gasteiger partial charge in [-0.1, -0.05) is 0 Å². The molecule has 120 valence electrons. The lowest BCUT2D eigenvalue weighted by Crippen LogP contribution is -2.17. The van der Waals surface area contributed by atoms with Gasteiger partial charge in [0.05, 0.1) is 0 Å². The van der Waals surface area contributed by atoms with E-state index in [0.29, 0.717) is 11.5 Å². The molecule has 0 amide bonds. The molecular formula is C13H15NO8. The Labute approximate surface area is 125 Å². The van der Waals surface area contributed by atoms with Gasteiger partial charge in [0.2, 0.25) is 5.78 Å². The SMILES string of the molecule is CC(=O)C(=O)OCCOc1ccc(OCCO[N+](=O)[O-])cc1. The lowest BCUT2D eigenvalue weighted by Gasteiger charge is -2.08. The third kappa shape index (κ3) is 7.08. The van der Waals surface area contributed by atoms with Crippen LogP contribution < -0.4 is 9.47 Å². The van der Waals surface area contributed by atoms with Gasteiger partial charge in [0.1, 0.15) is 37.9 Å². The molecule has 0 aliphatic heterocycles. The molecule has 0 radical (unpaired) electrons. The summed E-state index contributed by atoms with van der Waals surface area (Å²) in [6.07, 6.45) is 0. The van der Waals surface area contributed by atoms with Crippen molar-refractivity contribution < 1.29 is 33.7 Å². The first-order valence-electron chi connectivity index (χ1n) is 6.29. The van der Waals surface area contributed by atoms with Crippen LogP contribution in [0.2, 0.25) is 0 Å². The topological polar surface area (TPSA) is 114 Å². The van der Waals surface area contributed by atoms with Gasteiger partial charge in [-0.2, -0.15) is 0 Å². The van der Waals surface area contributed by atoms with Crippen LogP contribution >= 0.6 is 0 Å². The van der Waals surface area contributed by atoms with E-state index in [2.05, 4.69) is 9.57 Å². The monoisotopic (exact) mass is 313 g/mol. The van der Waals surface area contributed by atoms with Crippen LogP contribution in [0.25, 0.3) is 0 Å². The summed E-state index contributed by atoms with van der Waals surface area (Å²) in [6.45, 7) is 1.08. The highest BCUT2D eigenvalue weighted by Crippen LogP contribution is 2.17. The second-order valence-electron chi connectivity index (χ2n) is 3.92. The van der Waals surface area contributed by atoms with Crippen molar-refractivity contribution >= 4 is 11.8 Å². The Kier molecular flexibility index (Phi) is 7.17. The Morgan fingerprint density at radius 1 is 1.00 bits per heavy atom. The van der Waals surface area contributed by atoms with E-state index in [4.69, 9.17) is 9.47 Å². The molecule has 0 saturated carbocycles. The zero-order valence-electron chi connectivity index (χ0n) is 11.9. The van der Waals surface area contributed by atoms with Gasteiger partial charge in [-0.25, -0.2) is 4.79 Å². The highest BCUT2D eigenvalue weighted by Gasteiger charge is 2.08. The van der Waals surface area contributed by atoms with Crippen LogP contribution in [-0.2, 0) is 19.2 Å². The van der Waals surface area contributed by atoms with E-state index in [1.54, 1.807) is 24.3 Å². The molecule has 0 spiro atoms. The molecule has 0 atom stereocenters. The van der Waals surface area contributed by atoms with E-state index >= 15 is 0 Å². The molecule has 0 aliphatic carbocycles. The van der Waals surface area contributed by atoms with Crippen LogP contribution in [0, 0.1) is 10.1 Å². The zero-order chi connectivity index (χ0) is 16.4. The number of nitrogens with zero attached hydrogens (tertiary/aromatic N) is 1. The first-order valence-corrected chi connectivity index (χ1v) is 6.29. The Morgan fingerprint density at radius 2 is 1.50 bits per heavy atom. The molecule has 22 heavy (non-hydrogen) atoms. The Hall–Kier alpha value is -2.84. The number of hydrogen-bond donors (Lipinski definition) is 0. The van der Waals surface area contributed by atoms with E-state index in [1.807, 2.05) is 0 Å². The van der Waals surface area contributed by atoms with E-state index in [-0.39, 0.29) is 26.4 Å². The van der Waals surface area contributed by atoms with Gasteiger partial charge in [-0.15, -0.1) is 10.1 Å². The van der Waals surface area contributed by atoms with Crippen LogP contribution in [0.5, 0.6) is 11.5 Å². The molecule has 1 aromatic carbocycles. The summed E-state index contributed by atoms with van der Waals surface area (Å²) < 4.78 is 15.1. The number of hydrogen-bond acceptors (Lipinski definition) is 8. The molecular weight excluding hydrogens is 298 g/mol. The summed E-state index contributed by atoms with van der Waals surface area (Å²) >= 11 is 0. The number of rotatable bonds is 10. The maximum atomic E-state index is 10.9. The molecule has 0 fully saturated rings. The normalized spacial score (nSPS) is 9.68. The molecule has 0 heterocycles. The third-order valence-electron chi connectivity index (χ3n) is 2.25. The molecule has 1 aromatic rings. The van der Waals surface area contributed by atoms with Crippen molar-refractivity contribution in [3.8, 4) is 11.5 Å². The highest BCUT2D eigenvalue weighted by molar-refractivity contribution is 6.32. The van der Waals surface area contributed by atoms with Gasteiger partial charge >= 0.3 is 5.97 Å². The fourth-order valence-electron chi connectivity index (χ4n) is 1.30. The number of benzene rings is 1. The van der Waals surface area contributed by atoms with Gasteiger partial charge in [0, 0.05) is 6.92 Å². The quantitative estimate of drug-likeness (QED) is 0.205. The van der Waals surface area contributed by atoms with E-state index in [1.165, 1.54) is 0 Å². The minimum absolute atomic E-state index is 0.0328. The van der Waals surface area contributed by atoms with Crippen molar-refractivity contribution in [1.82, 2.24) is 0 Å². The summed E-state index contributed by atoms with van der Waals surface area (Å²) in [7, 11) is 0. The number of ketones is 1. The maximum absolute atomic E-state index is 10.9. The van der Waals surface area contributed by atoms with Crippen molar-refractivity contribution in [2.24, 2.45) is 0 Å².